The molecule has 1 fully saturated rings. The molecule has 0 aliphatic carbocycles. The molecule has 17 heavy (non-hydrogen) atoms. The molecule has 0 aromatic carbocycles. The van der Waals surface area contributed by atoms with Gasteiger partial charge in [-0.2, -0.15) is 0 Å². The molecule has 2 rings (SSSR count). The summed E-state index contributed by atoms with van der Waals surface area (Å²) < 4.78 is 5.41. The number of rotatable bonds is 4. The number of ether oxygens (including phenoxy) is 1. The molecular formula is C12H16N2O3. The molecule has 1 atom stereocenters. The highest BCUT2D eigenvalue weighted by Gasteiger charge is 2.22. The van der Waals surface area contributed by atoms with Crippen molar-refractivity contribution in [3.63, 3.8) is 0 Å². The van der Waals surface area contributed by atoms with Crippen LogP contribution in [0, 0.1) is 0 Å². The first-order valence-corrected chi connectivity index (χ1v) is 5.69. The molecule has 5 nitrogen and oxygen atoms in total. The lowest BCUT2D eigenvalue weighted by molar-refractivity contribution is -0.142. The minimum Gasteiger partial charge on any atom is -0.481 e. The third kappa shape index (κ3) is 3.80. The summed E-state index contributed by atoms with van der Waals surface area (Å²) in [6, 6.07) is 5.81. The van der Waals surface area contributed by atoms with E-state index < -0.39 is 5.97 Å². The number of hydrogen-bond acceptors (Lipinski definition) is 4. The molecule has 92 valence electrons. The topological polar surface area (TPSA) is 62.7 Å². The molecular weight excluding hydrogens is 220 g/mol. The van der Waals surface area contributed by atoms with E-state index in [4.69, 9.17) is 9.84 Å². The van der Waals surface area contributed by atoms with Crippen molar-refractivity contribution < 1.29 is 14.6 Å². The van der Waals surface area contributed by atoms with Crippen LogP contribution in [0.4, 0.5) is 0 Å². The Morgan fingerprint density at radius 2 is 2.47 bits per heavy atom. The lowest BCUT2D eigenvalue weighted by Gasteiger charge is -2.31. The van der Waals surface area contributed by atoms with Crippen LogP contribution in [0.3, 0.4) is 0 Å². The van der Waals surface area contributed by atoms with Crippen LogP contribution in [0.2, 0.25) is 0 Å². The van der Waals surface area contributed by atoms with Crippen LogP contribution in [-0.2, 0) is 16.1 Å². The highest BCUT2D eigenvalue weighted by molar-refractivity contribution is 5.67. The van der Waals surface area contributed by atoms with Gasteiger partial charge in [-0.05, 0) is 12.1 Å². The van der Waals surface area contributed by atoms with E-state index in [1.165, 1.54) is 0 Å². The van der Waals surface area contributed by atoms with Crippen molar-refractivity contribution in [1.29, 1.82) is 0 Å². The van der Waals surface area contributed by atoms with E-state index in [0.29, 0.717) is 13.2 Å². The van der Waals surface area contributed by atoms with Gasteiger partial charge in [-0.25, -0.2) is 0 Å². The maximum Gasteiger partial charge on any atom is 0.306 e. The number of aromatic nitrogens is 1. The van der Waals surface area contributed by atoms with Gasteiger partial charge in [-0.15, -0.1) is 0 Å². The fourth-order valence-corrected chi connectivity index (χ4v) is 1.96. The number of carboxylic acid groups (broad SMARTS) is 1. The molecule has 1 aliphatic heterocycles. The Morgan fingerprint density at radius 3 is 3.18 bits per heavy atom. The second-order valence-electron chi connectivity index (χ2n) is 4.15. The minimum atomic E-state index is -0.810. The van der Waals surface area contributed by atoms with Crippen molar-refractivity contribution in [2.24, 2.45) is 0 Å². The van der Waals surface area contributed by atoms with Gasteiger partial charge in [0.15, 0.2) is 0 Å². The van der Waals surface area contributed by atoms with Crippen molar-refractivity contribution >= 4 is 5.97 Å². The number of nitrogens with zero attached hydrogens (tertiary/aromatic N) is 2. The molecule has 0 saturated carbocycles. The standard InChI is InChI=1S/C12H16N2O3/c15-12(16)7-11-9-14(5-6-17-11)8-10-3-1-2-4-13-10/h1-4,11H,5-9H2,(H,15,16). The van der Waals surface area contributed by atoms with E-state index in [0.717, 1.165) is 18.8 Å². The summed E-state index contributed by atoms with van der Waals surface area (Å²) in [6.45, 7) is 2.82. The normalized spacial score (nSPS) is 21.3. The van der Waals surface area contributed by atoms with Gasteiger partial charge < -0.3 is 9.84 Å². The number of pyridine rings is 1. The first-order chi connectivity index (χ1) is 8.24. The van der Waals surface area contributed by atoms with E-state index in [2.05, 4.69) is 9.88 Å². The van der Waals surface area contributed by atoms with Gasteiger partial charge in [0.05, 0.1) is 24.8 Å². The van der Waals surface area contributed by atoms with Crippen LogP contribution in [0.15, 0.2) is 24.4 Å². The maximum atomic E-state index is 10.6. The highest BCUT2D eigenvalue weighted by Crippen LogP contribution is 2.11. The molecule has 1 N–H and O–H groups in total. The van der Waals surface area contributed by atoms with Crippen molar-refractivity contribution in [3.05, 3.63) is 30.1 Å². The van der Waals surface area contributed by atoms with Crippen LogP contribution in [0.5, 0.6) is 0 Å². The zero-order valence-electron chi connectivity index (χ0n) is 9.58. The van der Waals surface area contributed by atoms with Gasteiger partial charge in [-0.1, -0.05) is 6.07 Å². The van der Waals surface area contributed by atoms with Crippen LogP contribution in [0.25, 0.3) is 0 Å². The number of hydrogen-bond donors (Lipinski definition) is 1. The highest BCUT2D eigenvalue weighted by atomic mass is 16.5. The van der Waals surface area contributed by atoms with Gasteiger partial charge in [-0.3, -0.25) is 14.7 Å². The fraction of sp³-hybridized carbons (Fsp3) is 0.500. The zero-order valence-corrected chi connectivity index (χ0v) is 9.58. The Morgan fingerprint density at radius 1 is 1.59 bits per heavy atom. The molecule has 0 amide bonds. The third-order valence-corrected chi connectivity index (χ3v) is 2.74. The quantitative estimate of drug-likeness (QED) is 0.836. The average Bonchev–Trinajstić information content (AvgIpc) is 2.30. The third-order valence-electron chi connectivity index (χ3n) is 2.74. The predicted molar refractivity (Wildman–Crippen MR) is 61.5 cm³/mol. The van der Waals surface area contributed by atoms with Crippen molar-refractivity contribution in [2.75, 3.05) is 19.7 Å². The molecule has 1 aromatic heterocycles. The molecule has 0 bridgehead atoms. The Labute approximate surface area is 100 Å². The van der Waals surface area contributed by atoms with Crippen molar-refractivity contribution in [1.82, 2.24) is 9.88 Å². The van der Waals surface area contributed by atoms with Crippen LogP contribution >= 0.6 is 0 Å². The monoisotopic (exact) mass is 236 g/mol. The SMILES string of the molecule is O=C(O)CC1CN(Cc2ccccn2)CCO1. The molecule has 0 radical (unpaired) electrons. The zero-order chi connectivity index (χ0) is 12.1. The van der Waals surface area contributed by atoms with E-state index >= 15 is 0 Å². The summed E-state index contributed by atoms with van der Waals surface area (Å²) in [5.41, 5.74) is 1.00. The Bertz CT molecular complexity index is 369. The molecule has 1 saturated heterocycles. The van der Waals surface area contributed by atoms with Gasteiger partial charge in [0.1, 0.15) is 0 Å². The lowest BCUT2D eigenvalue weighted by atomic mass is 10.2. The van der Waals surface area contributed by atoms with Crippen LogP contribution in [-0.4, -0.2) is 46.8 Å². The Balaban J connectivity index is 1.87. The average molecular weight is 236 g/mol. The predicted octanol–water partition coefficient (Wildman–Crippen LogP) is 0.757. The maximum absolute atomic E-state index is 10.6. The van der Waals surface area contributed by atoms with Gasteiger partial charge in [0.25, 0.3) is 0 Å². The largest absolute Gasteiger partial charge is 0.481 e. The van der Waals surface area contributed by atoms with Crippen LogP contribution < -0.4 is 0 Å². The first kappa shape index (κ1) is 12.0. The van der Waals surface area contributed by atoms with Gasteiger partial charge in [0.2, 0.25) is 0 Å². The summed E-state index contributed by atoms with van der Waals surface area (Å²) in [7, 11) is 0. The van der Waals surface area contributed by atoms with E-state index in [1.54, 1.807) is 6.20 Å². The fourth-order valence-electron chi connectivity index (χ4n) is 1.96. The number of carboxylic acids is 1. The Kier molecular flexibility index (Phi) is 4.06. The lowest BCUT2D eigenvalue weighted by Crippen LogP contribution is -2.42. The molecule has 2 heterocycles. The van der Waals surface area contributed by atoms with Gasteiger partial charge >= 0.3 is 5.97 Å². The summed E-state index contributed by atoms with van der Waals surface area (Å²) in [4.78, 5) is 17.1. The molecule has 1 aliphatic rings. The van der Waals surface area contributed by atoms with E-state index in [9.17, 15) is 4.79 Å². The minimum absolute atomic E-state index is 0.0682. The van der Waals surface area contributed by atoms with Crippen molar-refractivity contribution in [2.45, 2.75) is 19.1 Å². The van der Waals surface area contributed by atoms with E-state index in [-0.39, 0.29) is 12.5 Å². The van der Waals surface area contributed by atoms with Crippen molar-refractivity contribution in [3.8, 4) is 0 Å². The molecule has 1 unspecified atom stereocenters. The Hall–Kier alpha value is -1.46. The molecule has 0 spiro atoms. The summed E-state index contributed by atoms with van der Waals surface area (Å²) in [6.07, 6.45) is 1.63. The summed E-state index contributed by atoms with van der Waals surface area (Å²) in [5.74, 6) is -0.810. The van der Waals surface area contributed by atoms with Crippen LogP contribution in [0.1, 0.15) is 12.1 Å². The molecule has 1 aromatic rings. The first-order valence-electron chi connectivity index (χ1n) is 5.69. The molecule has 5 heteroatoms. The van der Waals surface area contributed by atoms with E-state index in [1.807, 2.05) is 18.2 Å². The summed E-state index contributed by atoms with van der Waals surface area (Å²) in [5, 5.41) is 8.73. The second-order valence-corrected chi connectivity index (χ2v) is 4.15. The summed E-state index contributed by atoms with van der Waals surface area (Å²) >= 11 is 0. The smallest absolute Gasteiger partial charge is 0.306 e. The second kappa shape index (κ2) is 5.75. The number of aliphatic carboxylic acids is 1. The number of morpholine rings is 1. The van der Waals surface area contributed by atoms with Gasteiger partial charge in [0, 0.05) is 25.8 Å². The number of carbonyl (C=O) groups is 1.